The summed E-state index contributed by atoms with van der Waals surface area (Å²) in [6, 6.07) is 11.3. The van der Waals surface area contributed by atoms with Crippen LogP contribution >= 0.6 is 11.8 Å². The van der Waals surface area contributed by atoms with Crippen LogP contribution in [0.5, 0.6) is 0 Å². The van der Waals surface area contributed by atoms with Gasteiger partial charge in [0.05, 0.1) is 11.6 Å². The van der Waals surface area contributed by atoms with E-state index in [2.05, 4.69) is 58.0 Å². The van der Waals surface area contributed by atoms with E-state index >= 15 is 0 Å². The van der Waals surface area contributed by atoms with E-state index in [1.54, 1.807) is 5.57 Å². The standard InChI is InChI=1S/C23H27NS/c1-5-17-10-11-20(22(14-24)15(2)3)16(4)21(17)13-19-12-18-8-6-7-9-23(18)25-19/h6-9,19H,5,10-13H2,1-4H3. The van der Waals surface area contributed by atoms with E-state index in [0.717, 1.165) is 43.3 Å². The minimum atomic E-state index is 0.625. The third-order valence-electron chi connectivity index (χ3n) is 5.49. The molecule has 0 N–H and O–H groups in total. The smallest absolute Gasteiger partial charge is 0.0993 e. The normalized spacial score (nSPS) is 19.7. The Kier molecular flexibility index (Phi) is 5.54. The molecule has 1 atom stereocenters. The number of allylic oxidation sites excluding steroid dienone is 6. The summed E-state index contributed by atoms with van der Waals surface area (Å²) in [6.45, 7) is 8.63. The SMILES string of the molecule is CCC1=C(CC2Cc3ccccc3S2)C(C)=C(C(C#N)=C(C)C)CC1. The van der Waals surface area contributed by atoms with Gasteiger partial charge in [-0.3, -0.25) is 0 Å². The Balaban J connectivity index is 1.91. The number of nitrogens with zero attached hydrogens (tertiary/aromatic N) is 1. The van der Waals surface area contributed by atoms with Gasteiger partial charge in [0.15, 0.2) is 0 Å². The van der Waals surface area contributed by atoms with E-state index in [-0.39, 0.29) is 0 Å². The predicted molar refractivity (Wildman–Crippen MR) is 108 cm³/mol. The van der Waals surface area contributed by atoms with Crippen molar-refractivity contribution in [2.75, 3.05) is 0 Å². The summed E-state index contributed by atoms with van der Waals surface area (Å²) < 4.78 is 0. The highest BCUT2D eigenvalue weighted by atomic mass is 32.2. The number of thioether (sulfide) groups is 1. The second-order valence-corrected chi connectivity index (χ2v) is 8.62. The van der Waals surface area contributed by atoms with Crippen molar-refractivity contribution in [2.24, 2.45) is 0 Å². The van der Waals surface area contributed by atoms with E-state index in [1.165, 1.54) is 27.2 Å². The first kappa shape index (κ1) is 18.1. The molecule has 0 saturated heterocycles. The van der Waals surface area contributed by atoms with Gasteiger partial charge in [-0.05, 0) is 81.2 Å². The molecule has 1 nitrogen and oxygen atoms in total. The third-order valence-corrected chi connectivity index (χ3v) is 6.81. The quantitative estimate of drug-likeness (QED) is 0.560. The third kappa shape index (κ3) is 3.62. The number of hydrogen-bond donors (Lipinski definition) is 0. The van der Waals surface area contributed by atoms with Crippen molar-refractivity contribution >= 4 is 11.8 Å². The van der Waals surface area contributed by atoms with Gasteiger partial charge >= 0.3 is 0 Å². The van der Waals surface area contributed by atoms with Crippen molar-refractivity contribution in [3.8, 4) is 6.07 Å². The van der Waals surface area contributed by atoms with Crippen molar-refractivity contribution < 1.29 is 0 Å². The molecule has 0 bridgehead atoms. The molecule has 3 rings (SSSR count). The van der Waals surface area contributed by atoms with Crippen LogP contribution in [0, 0.1) is 11.3 Å². The zero-order chi connectivity index (χ0) is 18.0. The van der Waals surface area contributed by atoms with Gasteiger partial charge in [-0.25, -0.2) is 0 Å². The Hall–Kier alpha value is -1.72. The zero-order valence-electron chi connectivity index (χ0n) is 15.8. The lowest BCUT2D eigenvalue weighted by molar-refractivity contribution is 0.771. The van der Waals surface area contributed by atoms with Crippen molar-refractivity contribution in [1.82, 2.24) is 0 Å². The maximum absolute atomic E-state index is 9.62. The van der Waals surface area contributed by atoms with E-state index < -0.39 is 0 Å². The summed E-state index contributed by atoms with van der Waals surface area (Å²) >= 11 is 2.03. The fourth-order valence-corrected chi connectivity index (χ4v) is 5.47. The van der Waals surface area contributed by atoms with Crippen molar-refractivity contribution in [3.63, 3.8) is 0 Å². The summed E-state index contributed by atoms with van der Waals surface area (Å²) in [5.41, 5.74) is 9.33. The minimum Gasteiger partial charge on any atom is -0.192 e. The lowest BCUT2D eigenvalue weighted by Crippen LogP contribution is -2.11. The number of hydrogen-bond acceptors (Lipinski definition) is 2. The molecule has 0 radical (unpaired) electrons. The van der Waals surface area contributed by atoms with Crippen molar-refractivity contribution in [2.45, 2.75) is 69.9 Å². The van der Waals surface area contributed by atoms with Crippen LogP contribution in [-0.2, 0) is 6.42 Å². The van der Waals surface area contributed by atoms with Gasteiger partial charge in [-0.15, -0.1) is 11.8 Å². The van der Waals surface area contributed by atoms with Crippen LogP contribution in [0.25, 0.3) is 0 Å². The Morgan fingerprint density at radius 1 is 1.24 bits per heavy atom. The molecular formula is C23H27NS. The summed E-state index contributed by atoms with van der Waals surface area (Å²) in [4.78, 5) is 1.45. The average molecular weight is 350 g/mol. The first-order valence-electron chi connectivity index (χ1n) is 9.28. The van der Waals surface area contributed by atoms with Crippen LogP contribution in [0.1, 0.15) is 58.9 Å². The van der Waals surface area contributed by atoms with Crippen LogP contribution in [0.2, 0.25) is 0 Å². The number of rotatable bonds is 4. The lowest BCUT2D eigenvalue weighted by atomic mass is 9.79. The predicted octanol–water partition coefficient (Wildman–Crippen LogP) is 6.77. The lowest BCUT2D eigenvalue weighted by Gasteiger charge is -2.26. The van der Waals surface area contributed by atoms with Crippen molar-refractivity contribution in [3.05, 3.63) is 63.3 Å². The zero-order valence-corrected chi connectivity index (χ0v) is 16.6. The molecule has 1 aliphatic carbocycles. The molecular weight excluding hydrogens is 322 g/mol. The van der Waals surface area contributed by atoms with E-state index in [9.17, 15) is 5.26 Å². The molecule has 1 aliphatic heterocycles. The molecule has 0 saturated carbocycles. The van der Waals surface area contributed by atoms with Crippen molar-refractivity contribution in [1.29, 1.82) is 5.26 Å². The average Bonchev–Trinajstić information content (AvgIpc) is 3.01. The molecule has 0 aromatic heterocycles. The summed E-state index contributed by atoms with van der Waals surface area (Å²) in [7, 11) is 0. The first-order chi connectivity index (χ1) is 12.0. The van der Waals surface area contributed by atoms with Crippen LogP contribution in [0.4, 0.5) is 0 Å². The fraction of sp³-hybridized carbons (Fsp3) is 0.435. The van der Waals surface area contributed by atoms with Gasteiger partial charge in [-0.1, -0.05) is 36.3 Å². The number of nitriles is 1. The molecule has 0 fully saturated rings. The summed E-state index contributed by atoms with van der Waals surface area (Å²) in [5, 5.41) is 10.2. The molecule has 1 aromatic carbocycles. The Bertz CT molecular complexity index is 788. The van der Waals surface area contributed by atoms with Crippen LogP contribution < -0.4 is 0 Å². The second-order valence-electron chi connectivity index (χ2n) is 7.28. The van der Waals surface area contributed by atoms with Gasteiger partial charge in [0.2, 0.25) is 0 Å². The highest BCUT2D eigenvalue weighted by Crippen LogP contribution is 2.44. The largest absolute Gasteiger partial charge is 0.192 e. The summed E-state index contributed by atoms with van der Waals surface area (Å²) in [5.74, 6) is 0. The molecule has 0 amide bonds. The maximum atomic E-state index is 9.62. The molecule has 130 valence electrons. The summed E-state index contributed by atoms with van der Waals surface area (Å²) in [6.07, 6.45) is 5.55. The first-order valence-corrected chi connectivity index (χ1v) is 10.2. The Morgan fingerprint density at radius 3 is 2.64 bits per heavy atom. The Morgan fingerprint density at radius 2 is 2.00 bits per heavy atom. The molecule has 25 heavy (non-hydrogen) atoms. The number of fused-ring (bicyclic) bond motifs is 1. The Labute approximate surface area is 156 Å². The van der Waals surface area contributed by atoms with Crippen LogP contribution in [0.3, 0.4) is 0 Å². The molecule has 1 aromatic rings. The number of benzene rings is 1. The second kappa shape index (κ2) is 7.67. The maximum Gasteiger partial charge on any atom is 0.0993 e. The topological polar surface area (TPSA) is 23.8 Å². The van der Waals surface area contributed by atoms with Gasteiger partial charge in [0.25, 0.3) is 0 Å². The molecule has 0 spiro atoms. The van der Waals surface area contributed by atoms with E-state index in [4.69, 9.17) is 0 Å². The molecule has 2 heteroatoms. The van der Waals surface area contributed by atoms with Gasteiger partial charge in [-0.2, -0.15) is 5.26 Å². The highest BCUT2D eigenvalue weighted by Gasteiger charge is 2.27. The van der Waals surface area contributed by atoms with Gasteiger partial charge < -0.3 is 0 Å². The van der Waals surface area contributed by atoms with E-state index in [0.29, 0.717) is 5.25 Å². The molecule has 2 aliphatic rings. The van der Waals surface area contributed by atoms with Crippen LogP contribution in [0.15, 0.2) is 62.6 Å². The molecule has 1 heterocycles. The monoisotopic (exact) mass is 349 g/mol. The highest BCUT2D eigenvalue weighted by molar-refractivity contribution is 8.00. The minimum absolute atomic E-state index is 0.625. The van der Waals surface area contributed by atoms with E-state index in [1.807, 2.05) is 11.8 Å². The fourth-order valence-electron chi connectivity index (χ4n) is 4.14. The van der Waals surface area contributed by atoms with Crippen LogP contribution in [-0.4, -0.2) is 5.25 Å². The van der Waals surface area contributed by atoms with Gasteiger partial charge in [0, 0.05) is 10.1 Å². The van der Waals surface area contributed by atoms with Gasteiger partial charge in [0.1, 0.15) is 0 Å². The molecule has 1 unspecified atom stereocenters.